The zero-order valence-corrected chi connectivity index (χ0v) is 16.4. The van der Waals surface area contributed by atoms with E-state index in [4.69, 9.17) is 9.57 Å². The Morgan fingerprint density at radius 2 is 1.93 bits per heavy atom. The van der Waals surface area contributed by atoms with E-state index in [2.05, 4.69) is 16.1 Å². The number of rotatable bonds is 5. The van der Waals surface area contributed by atoms with Gasteiger partial charge in [-0.05, 0) is 35.4 Å². The van der Waals surface area contributed by atoms with Gasteiger partial charge >= 0.3 is 0 Å². The first-order chi connectivity index (χ1) is 14.1. The van der Waals surface area contributed by atoms with Crippen molar-refractivity contribution in [3.63, 3.8) is 0 Å². The predicted molar refractivity (Wildman–Crippen MR) is 107 cm³/mol. The van der Waals surface area contributed by atoms with Crippen LogP contribution in [-0.2, 0) is 16.2 Å². The van der Waals surface area contributed by atoms with Gasteiger partial charge in [0.1, 0.15) is 11.6 Å². The second-order valence-electron chi connectivity index (χ2n) is 7.30. The van der Waals surface area contributed by atoms with Crippen molar-refractivity contribution >= 4 is 11.6 Å². The highest BCUT2D eigenvalue weighted by Crippen LogP contribution is 2.20. The Labute approximate surface area is 169 Å². The van der Waals surface area contributed by atoms with Crippen molar-refractivity contribution in [2.45, 2.75) is 19.1 Å². The molecule has 2 aromatic rings. The number of halogens is 1. The summed E-state index contributed by atoms with van der Waals surface area (Å²) < 4.78 is 18.4. The number of nitrogens with zero attached hydrogens (tertiary/aromatic N) is 3. The van der Waals surface area contributed by atoms with Crippen LogP contribution in [0.1, 0.15) is 17.5 Å². The average molecular weight is 397 g/mol. The first-order valence-corrected chi connectivity index (χ1v) is 9.75. The quantitative estimate of drug-likeness (QED) is 0.779. The molecular formula is C22H24FN3O3. The molecule has 1 saturated heterocycles. The van der Waals surface area contributed by atoms with Crippen LogP contribution >= 0.6 is 0 Å². The van der Waals surface area contributed by atoms with Gasteiger partial charge in [0.05, 0.1) is 12.8 Å². The number of oxime groups is 1. The number of ether oxygens (including phenoxy) is 1. The van der Waals surface area contributed by atoms with Crippen LogP contribution in [0.2, 0.25) is 0 Å². The van der Waals surface area contributed by atoms with Gasteiger partial charge in [0.2, 0.25) is 6.10 Å². The maximum absolute atomic E-state index is 13.1. The molecule has 0 aromatic heterocycles. The van der Waals surface area contributed by atoms with Gasteiger partial charge in [-0.2, -0.15) is 0 Å². The SMILES string of the molecule is COc1cccc(CN2CCN(C(=O)C3CC(c4ccc(F)cc4)=NO3)CC2)c1. The molecule has 2 aliphatic rings. The normalized spacial score (nSPS) is 19.6. The molecule has 0 spiro atoms. The van der Waals surface area contributed by atoms with Gasteiger partial charge in [-0.15, -0.1) is 0 Å². The number of benzene rings is 2. The first kappa shape index (κ1) is 19.4. The van der Waals surface area contributed by atoms with Crippen molar-refractivity contribution in [1.29, 1.82) is 0 Å². The van der Waals surface area contributed by atoms with E-state index < -0.39 is 6.10 Å². The van der Waals surface area contributed by atoms with Crippen molar-refractivity contribution in [3.05, 3.63) is 65.5 Å². The zero-order valence-electron chi connectivity index (χ0n) is 16.4. The van der Waals surface area contributed by atoms with Crippen LogP contribution in [0.3, 0.4) is 0 Å². The van der Waals surface area contributed by atoms with E-state index in [0.717, 1.165) is 30.9 Å². The summed E-state index contributed by atoms with van der Waals surface area (Å²) in [7, 11) is 1.67. The van der Waals surface area contributed by atoms with Gasteiger partial charge < -0.3 is 14.5 Å². The van der Waals surface area contributed by atoms with Crippen LogP contribution in [-0.4, -0.2) is 60.8 Å². The Morgan fingerprint density at radius 1 is 1.17 bits per heavy atom. The van der Waals surface area contributed by atoms with Crippen LogP contribution < -0.4 is 4.74 Å². The summed E-state index contributed by atoms with van der Waals surface area (Å²) in [5.74, 6) is 0.520. The van der Waals surface area contributed by atoms with E-state index in [1.54, 1.807) is 19.2 Å². The molecule has 1 unspecified atom stereocenters. The van der Waals surface area contributed by atoms with Crippen LogP contribution in [0.5, 0.6) is 5.75 Å². The van der Waals surface area contributed by atoms with Gasteiger partial charge in [-0.1, -0.05) is 29.4 Å². The number of amides is 1. The average Bonchev–Trinajstić information content (AvgIpc) is 3.25. The van der Waals surface area contributed by atoms with E-state index in [9.17, 15) is 9.18 Å². The molecule has 1 fully saturated rings. The summed E-state index contributed by atoms with van der Waals surface area (Å²) in [5, 5.41) is 4.04. The van der Waals surface area contributed by atoms with Crippen molar-refractivity contribution in [3.8, 4) is 5.75 Å². The van der Waals surface area contributed by atoms with E-state index in [1.165, 1.54) is 17.7 Å². The van der Waals surface area contributed by atoms with Gasteiger partial charge in [0.25, 0.3) is 5.91 Å². The first-order valence-electron chi connectivity index (χ1n) is 9.75. The number of carbonyl (C=O) groups is 1. The molecule has 0 bridgehead atoms. The van der Waals surface area contributed by atoms with Gasteiger partial charge in [-0.3, -0.25) is 9.69 Å². The molecule has 2 heterocycles. The van der Waals surface area contributed by atoms with Crippen molar-refractivity contribution in [2.75, 3.05) is 33.3 Å². The number of methoxy groups -OCH3 is 1. The van der Waals surface area contributed by atoms with Crippen molar-refractivity contribution < 1.29 is 18.8 Å². The third kappa shape index (κ3) is 4.56. The smallest absolute Gasteiger partial charge is 0.266 e. The lowest BCUT2D eigenvalue weighted by Gasteiger charge is -2.35. The second kappa shape index (κ2) is 8.61. The third-order valence-electron chi connectivity index (χ3n) is 5.35. The summed E-state index contributed by atoms with van der Waals surface area (Å²) in [6, 6.07) is 14.1. The highest BCUT2D eigenvalue weighted by molar-refractivity contribution is 6.04. The molecule has 6 nitrogen and oxygen atoms in total. The summed E-state index contributed by atoms with van der Waals surface area (Å²) in [6.45, 7) is 3.77. The molecule has 2 aliphatic heterocycles. The summed E-state index contributed by atoms with van der Waals surface area (Å²) in [5.41, 5.74) is 2.66. The van der Waals surface area contributed by atoms with E-state index in [0.29, 0.717) is 25.2 Å². The maximum Gasteiger partial charge on any atom is 0.266 e. The molecule has 0 saturated carbocycles. The van der Waals surface area contributed by atoms with Gasteiger partial charge in [0.15, 0.2) is 0 Å². The minimum atomic E-state index is -0.597. The Morgan fingerprint density at radius 3 is 2.66 bits per heavy atom. The fourth-order valence-electron chi connectivity index (χ4n) is 3.68. The number of hydrogen-bond acceptors (Lipinski definition) is 5. The highest BCUT2D eigenvalue weighted by Gasteiger charge is 2.33. The Balaban J connectivity index is 1.28. The molecule has 29 heavy (non-hydrogen) atoms. The number of piperazine rings is 1. The van der Waals surface area contributed by atoms with Crippen LogP contribution in [0.25, 0.3) is 0 Å². The fraction of sp³-hybridized carbons (Fsp3) is 0.364. The minimum absolute atomic E-state index is 0.0353. The maximum atomic E-state index is 13.1. The number of hydrogen-bond donors (Lipinski definition) is 0. The summed E-state index contributed by atoms with van der Waals surface area (Å²) >= 11 is 0. The van der Waals surface area contributed by atoms with Gasteiger partial charge in [-0.25, -0.2) is 4.39 Å². The molecule has 1 atom stereocenters. The topological polar surface area (TPSA) is 54.4 Å². The monoisotopic (exact) mass is 397 g/mol. The Hall–Kier alpha value is -2.93. The highest BCUT2D eigenvalue weighted by atomic mass is 19.1. The number of carbonyl (C=O) groups excluding carboxylic acids is 1. The molecule has 4 rings (SSSR count). The standard InChI is InChI=1S/C22H24FN3O3/c1-28-19-4-2-3-16(13-19)15-25-9-11-26(12-10-25)22(27)21-14-20(24-29-21)17-5-7-18(23)8-6-17/h2-8,13,21H,9-12,14-15H2,1H3. The van der Waals surface area contributed by atoms with Crippen LogP contribution in [0.4, 0.5) is 4.39 Å². The predicted octanol–water partition coefficient (Wildman–Crippen LogP) is 2.67. The lowest BCUT2D eigenvalue weighted by atomic mass is 10.0. The van der Waals surface area contributed by atoms with Gasteiger partial charge in [0, 0.05) is 39.1 Å². The summed E-state index contributed by atoms with van der Waals surface area (Å²) in [4.78, 5) is 22.4. The van der Waals surface area contributed by atoms with E-state index in [1.807, 2.05) is 23.1 Å². The van der Waals surface area contributed by atoms with E-state index in [-0.39, 0.29) is 11.7 Å². The van der Waals surface area contributed by atoms with E-state index >= 15 is 0 Å². The zero-order chi connectivity index (χ0) is 20.2. The molecule has 0 N–H and O–H groups in total. The Kier molecular flexibility index (Phi) is 5.76. The lowest BCUT2D eigenvalue weighted by molar-refractivity contribution is -0.143. The molecular weight excluding hydrogens is 373 g/mol. The van der Waals surface area contributed by atoms with Crippen molar-refractivity contribution in [1.82, 2.24) is 9.80 Å². The molecule has 152 valence electrons. The summed E-state index contributed by atoms with van der Waals surface area (Å²) in [6.07, 6.45) is -0.186. The Bertz CT molecular complexity index is 892. The minimum Gasteiger partial charge on any atom is -0.497 e. The molecule has 1 amide bonds. The molecule has 7 heteroatoms. The fourth-order valence-corrected chi connectivity index (χ4v) is 3.68. The largest absolute Gasteiger partial charge is 0.497 e. The van der Waals surface area contributed by atoms with Crippen molar-refractivity contribution in [2.24, 2.45) is 5.16 Å². The lowest BCUT2D eigenvalue weighted by Crippen LogP contribution is -2.51. The molecule has 0 aliphatic carbocycles. The second-order valence-corrected chi connectivity index (χ2v) is 7.30. The van der Waals surface area contributed by atoms with Crippen LogP contribution in [0.15, 0.2) is 53.7 Å². The third-order valence-corrected chi connectivity index (χ3v) is 5.35. The molecule has 0 radical (unpaired) electrons. The van der Waals surface area contributed by atoms with Crippen LogP contribution in [0, 0.1) is 5.82 Å². The molecule has 2 aromatic carbocycles.